The molecule has 19 heavy (non-hydrogen) atoms. The number of hydrogen-bond acceptors (Lipinski definition) is 3. The van der Waals surface area contributed by atoms with Gasteiger partial charge in [-0.2, -0.15) is 13.1 Å². The molecule has 0 aromatic rings. The first-order chi connectivity index (χ1) is 8.79. The maximum absolute atomic E-state index is 11.7. The smallest absolute Gasteiger partial charge is 0.277 e. The molecule has 0 amide bonds. The van der Waals surface area contributed by atoms with E-state index in [0.29, 0.717) is 19.1 Å². The highest BCUT2D eigenvalue weighted by molar-refractivity contribution is 7.87. The fraction of sp³-hybridized carbons (Fsp3) is 1.00. The normalized spacial score (nSPS) is 19.3. The van der Waals surface area contributed by atoms with Crippen LogP contribution in [0, 0.1) is 0 Å². The summed E-state index contributed by atoms with van der Waals surface area (Å²) < 4.78 is 28.6. The summed E-state index contributed by atoms with van der Waals surface area (Å²) in [5.41, 5.74) is -0.444. The van der Waals surface area contributed by atoms with Crippen LogP contribution in [0.3, 0.4) is 0 Å². The monoisotopic (exact) mass is 291 g/mol. The minimum absolute atomic E-state index is 0.432. The first-order valence-corrected chi connectivity index (χ1v) is 8.79. The third-order valence-electron chi connectivity index (χ3n) is 3.15. The Morgan fingerprint density at radius 2 is 1.58 bits per heavy atom. The Kier molecular flexibility index (Phi) is 6.73. The predicted molar refractivity (Wildman–Crippen MR) is 79.3 cm³/mol. The summed E-state index contributed by atoms with van der Waals surface area (Å²) >= 11 is 0. The van der Waals surface area contributed by atoms with Crippen LogP contribution in [0.1, 0.15) is 59.3 Å². The van der Waals surface area contributed by atoms with Crippen LogP contribution < -0.4 is 14.8 Å². The Morgan fingerprint density at radius 1 is 1.00 bits per heavy atom. The minimum Gasteiger partial charge on any atom is -0.313 e. The summed E-state index contributed by atoms with van der Waals surface area (Å²) in [5, 5.41) is 3.44. The van der Waals surface area contributed by atoms with E-state index in [0.717, 1.165) is 0 Å². The molecule has 1 aliphatic carbocycles. The van der Waals surface area contributed by atoms with Gasteiger partial charge in [-0.1, -0.05) is 25.7 Å². The number of nitrogens with one attached hydrogen (secondary N) is 3. The summed E-state index contributed by atoms with van der Waals surface area (Å²) in [6.07, 6.45) is 7.67. The maximum atomic E-state index is 11.7. The quantitative estimate of drug-likeness (QED) is 0.513. The topological polar surface area (TPSA) is 70.2 Å². The lowest BCUT2D eigenvalue weighted by Crippen LogP contribution is -2.48. The average molecular weight is 291 g/mol. The summed E-state index contributed by atoms with van der Waals surface area (Å²) in [7, 11) is -3.39. The molecule has 114 valence electrons. The van der Waals surface area contributed by atoms with Gasteiger partial charge in [0.1, 0.15) is 0 Å². The second kappa shape index (κ2) is 7.57. The summed E-state index contributed by atoms with van der Waals surface area (Å²) in [4.78, 5) is 0. The van der Waals surface area contributed by atoms with Gasteiger partial charge in [0.15, 0.2) is 0 Å². The first-order valence-electron chi connectivity index (χ1n) is 7.30. The van der Waals surface area contributed by atoms with Crippen molar-refractivity contribution < 1.29 is 8.42 Å². The van der Waals surface area contributed by atoms with Crippen molar-refractivity contribution >= 4 is 10.2 Å². The lowest BCUT2D eigenvalue weighted by molar-refractivity contribution is 0.455. The summed E-state index contributed by atoms with van der Waals surface area (Å²) in [5.74, 6) is 0. The van der Waals surface area contributed by atoms with Crippen LogP contribution in [-0.4, -0.2) is 33.1 Å². The molecule has 0 aromatic carbocycles. The van der Waals surface area contributed by atoms with Gasteiger partial charge in [0.25, 0.3) is 10.2 Å². The zero-order valence-electron chi connectivity index (χ0n) is 12.5. The van der Waals surface area contributed by atoms with Crippen LogP contribution in [0.15, 0.2) is 0 Å². The molecule has 0 atom stereocenters. The van der Waals surface area contributed by atoms with Gasteiger partial charge in [-0.15, -0.1) is 0 Å². The SMILES string of the molecule is CC(C)(C)NS(=O)(=O)NCCNC1CCCCCC1. The van der Waals surface area contributed by atoms with Crippen LogP contribution in [0.4, 0.5) is 0 Å². The maximum Gasteiger partial charge on any atom is 0.277 e. The van der Waals surface area contributed by atoms with E-state index in [-0.39, 0.29) is 0 Å². The summed E-state index contributed by atoms with van der Waals surface area (Å²) in [6, 6.07) is 0.558. The van der Waals surface area contributed by atoms with Gasteiger partial charge in [-0.25, -0.2) is 4.72 Å². The van der Waals surface area contributed by atoms with E-state index in [9.17, 15) is 8.42 Å². The van der Waals surface area contributed by atoms with Gasteiger partial charge >= 0.3 is 0 Å². The van der Waals surface area contributed by atoms with Crippen molar-refractivity contribution in [1.29, 1.82) is 0 Å². The van der Waals surface area contributed by atoms with Crippen molar-refractivity contribution in [2.45, 2.75) is 70.9 Å². The van der Waals surface area contributed by atoms with E-state index in [1.54, 1.807) is 0 Å². The molecule has 1 rings (SSSR count). The molecule has 0 bridgehead atoms. The molecule has 1 aliphatic rings. The Balaban J connectivity index is 2.19. The Labute approximate surface area is 118 Å². The van der Waals surface area contributed by atoms with Gasteiger partial charge in [0.2, 0.25) is 0 Å². The van der Waals surface area contributed by atoms with Gasteiger partial charge in [0, 0.05) is 24.7 Å². The number of hydrogen-bond donors (Lipinski definition) is 3. The van der Waals surface area contributed by atoms with E-state index in [2.05, 4.69) is 14.8 Å². The van der Waals surface area contributed by atoms with Crippen LogP contribution in [0.25, 0.3) is 0 Å². The standard InChI is InChI=1S/C13H29N3O2S/c1-13(2,3)16-19(17,18)15-11-10-14-12-8-6-4-5-7-9-12/h12,14-16H,4-11H2,1-3H3. The highest BCUT2D eigenvalue weighted by Gasteiger charge is 2.19. The van der Waals surface area contributed by atoms with Crippen LogP contribution in [0.2, 0.25) is 0 Å². The molecule has 1 fully saturated rings. The molecular weight excluding hydrogens is 262 g/mol. The lowest BCUT2D eigenvalue weighted by Gasteiger charge is -2.21. The molecule has 0 aromatic heterocycles. The molecule has 3 N–H and O–H groups in total. The molecule has 1 saturated carbocycles. The fourth-order valence-electron chi connectivity index (χ4n) is 2.38. The highest BCUT2D eigenvalue weighted by Crippen LogP contribution is 2.16. The second-order valence-electron chi connectivity index (χ2n) is 6.39. The largest absolute Gasteiger partial charge is 0.313 e. The van der Waals surface area contributed by atoms with E-state index in [1.165, 1.54) is 38.5 Å². The van der Waals surface area contributed by atoms with Crippen molar-refractivity contribution in [3.63, 3.8) is 0 Å². The van der Waals surface area contributed by atoms with E-state index in [4.69, 9.17) is 0 Å². The van der Waals surface area contributed by atoms with Gasteiger partial charge in [0.05, 0.1) is 0 Å². The number of rotatable bonds is 6. The Morgan fingerprint density at radius 3 is 2.11 bits per heavy atom. The lowest BCUT2D eigenvalue weighted by atomic mass is 10.1. The van der Waals surface area contributed by atoms with Crippen molar-refractivity contribution in [2.75, 3.05) is 13.1 Å². The molecule has 0 heterocycles. The first kappa shape index (κ1) is 16.9. The van der Waals surface area contributed by atoms with Gasteiger partial charge in [-0.05, 0) is 33.6 Å². The van der Waals surface area contributed by atoms with Crippen LogP contribution in [0.5, 0.6) is 0 Å². The predicted octanol–water partition coefficient (Wildman–Crippen LogP) is 1.52. The Hall–Kier alpha value is -0.170. The molecule has 0 unspecified atom stereocenters. The molecule has 0 saturated heterocycles. The minimum atomic E-state index is -3.39. The average Bonchev–Trinajstić information content (AvgIpc) is 2.49. The van der Waals surface area contributed by atoms with Crippen molar-refractivity contribution in [2.24, 2.45) is 0 Å². The van der Waals surface area contributed by atoms with Crippen molar-refractivity contribution in [3.05, 3.63) is 0 Å². The zero-order valence-corrected chi connectivity index (χ0v) is 13.3. The third-order valence-corrected chi connectivity index (χ3v) is 4.61. The molecule has 5 nitrogen and oxygen atoms in total. The molecule has 0 aliphatic heterocycles. The van der Waals surface area contributed by atoms with Crippen molar-refractivity contribution in [3.8, 4) is 0 Å². The zero-order chi connectivity index (χ0) is 14.4. The third kappa shape index (κ3) is 8.57. The van der Waals surface area contributed by atoms with E-state index >= 15 is 0 Å². The second-order valence-corrected chi connectivity index (χ2v) is 7.89. The van der Waals surface area contributed by atoms with E-state index < -0.39 is 15.7 Å². The van der Waals surface area contributed by atoms with Gasteiger partial charge in [-0.3, -0.25) is 0 Å². The molecule has 0 radical (unpaired) electrons. The molecule has 0 spiro atoms. The van der Waals surface area contributed by atoms with Crippen LogP contribution >= 0.6 is 0 Å². The Bertz CT molecular complexity index is 341. The van der Waals surface area contributed by atoms with E-state index in [1.807, 2.05) is 20.8 Å². The molecule has 6 heteroatoms. The van der Waals surface area contributed by atoms with Crippen molar-refractivity contribution in [1.82, 2.24) is 14.8 Å². The highest BCUT2D eigenvalue weighted by atomic mass is 32.2. The molecular formula is C13H29N3O2S. The van der Waals surface area contributed by atoms with Crippen LogP contribution in [-0.2, 0) is 10.2 Å². The summed E-state index contributed by atoms with van der Waals surface area (Å²) in [6.45, 7) is 6.61. The van der Waals surface area contributed by atoms with Gasteiger partial charge < -0.3 is 5.32 Å². The fourth-order valence-corrected chi connectivity index (χ4v) is 3.63.